The summed E-state index contributed by atoms with van der Waals surface area (Å²) < 4.78 is 0. The van der Waals surface area contributed by atoms with Crippen molar-refractivity contribution >= 4 is 23.2 Å². The third kappa shape index (κ3) is 2.88. The Kier molecular flexibility index (Phi) is 3.60. The molecule has 3 N–H and O–H groups in total. The molecule has 0 radical (unpaired) electrons. The maximum atomic E-state index is 12.4. The van der Waals surface area contributed by atoms with Crippen LogP contribution in [0.2, 0.25) is 5.02 Å². The lowest BCUT2D eigenvalue weighted by atomic mass is 10.1. The highest BCUT2D eigenvalue weighted by Gasteiger charge is 2.24. The zero-order valence-electron chi connectivity index (χ0n) is 11.8. The van der Waals surface area contributed by atoms with E-state index in [4.69, 9.17) is 17.3 Å². The first-order valence-corrected chi connectivity index (χ1v) is 7.37. The van der Waals surface area contributed by atoms with Crippen LogP contribution in [0.4, 0.5) is 5.69 Å². The van der Waals surface area contributed by atoms with Gasteiger partial charge in [-0.25, -0.2) is 0 Å². The maximum absolute atomic E-state index is 12.4. The van der Waals surface area contributed by atoms with Gasteiger partial charge in [-0.3, -0.25) is 4.79 Å². The minimum atomic E-state index is -0.0877. The second-order valence-electron chi connectivity index (χ2n) is 5.54. The molecule has 0 aliphatic heterocycles. The first-order chi connectivity index (χ1) is 10.0. The fourth-order valence-electron chi connectivity index (χ4n) is 2.90. The number of aryl methyl sites for hydroxylation is 2. The number of carbonyl (C=O) groups is 1. The average molecular weight is 301 g/mol. The molecule has 0 fully saturated rings. The summed E-state index contributed by atoms with van der Waals surface area (Å²) in [5.41, 5.74) is 10.5. The number of rotatable bonds is 2. The van der Waals surface area contributed by atoms with Crippen molar-refractivity contribution in [2.75, 3.05) is 5.73 Å². The van der Waals surface area contributed by atoms with E-state index < -0.39 is 0 Å². The summed E-state index contributed by atoms with van der Waals surface area (Å²) in [6.07, 6.45) is 1.85. The lowest BCUT2D eigenvalue weighted by Gasteiger charge is -2.15. The molecular weight excluding hydrogens is 284 g/mol. The van der Waals surface area contributed by atoms with Gasteiger partial charge in [-0.2, -0.15) is 0 Å². The molecule has 1 aliphatic rings. The topological polar surface area (TPSA) is 55.1 Å². The van der Waals surface area contributed by atoms with Crippen LogP contribution in [0.25, 0.3) is 0 Å². The molecule has 0 aromatic heterocycles. The Morgan fingerprint density at radius 3 is 2.86 bits per heavy atom. The Hall–Kier alpha value is -2.00. The third-order valence-corrected chi connectivity index (χ3v) is 4.07. The van der Waals surface area contributed by atoms with E-state index in [1.54, 1.807) is 6.07 Å². The summed E-state index contributed by atoms with van der Waals surface area (Å²) in [4.78, 5) is 12.4. The van der Waals surface area contributed by atoms with Gasteiger partial charge in [0, 0.05) is 16.3 Å². The molecule has 4 heteroatoms. The molecule has 1 unspecified atom stereocenters. The van der Waals surface area contributed by atoms with E-state index in [-0.39, 0.29) is 11.9 Å². The number of amides is 1. The van der Waals surface area contributed by atoms with Crippen LogP contribution < -0.4 is 11.1 Å². The monoisotopic (exact) mass is 300 g/mol. The van der Waals surface area contributed by atoms with Crippen molar-refractivity contribution in [2.45, 2.75) is 25.8 Å². The molecule has 2 aromatic rings. The van der Waals surface area contributed by atoms with Gasteiger partial charge >= 0.3 is 0 Å². The number of hydrogen-bond acceptors (Lipinski definition) is 2. The van der Waals surface area contributed by atoms with Crippen LogP contribution in [0.15, 0.2) is 36.4 Å². The number of hydrogen-bond donors (Lipinski definition) is 2. The van der Waals surface area contributed by atoms with Gasteiger partial charge in [0.1, 0.15) is 0 Å². The number of anilines is 1. The van der Waals surface area contributed by atoms with E-state index in [0.717, 1.165) is 29.7 Å². The first-order valence-electron chi connectivity index (χ1n) is 6.99. The summed E-state index contributed by atoms with van der Waals surface area (Å²) in [5.74, 6) is -0.0877. The van der Waals surface area contributed by atoms with Gasteiger partial charge in [-0.1, -0.05) is 17.7 Å². The molecule has 21 heavy (non-hydrogen) atoms. The molecular formula is C17H17ClN2O. The average Bonchev–Trinajstić information content (AvgIpc) is 2.80. The molecule has 0 bridgehead atoms. The number of nitrogens with two attached hydrogens (primary N) is 1. The normalized spacial score (nSPS) is 16.6. The number of fused-ring (bicyclic) bond motifs is 1. The van der Waals surface area contributed by atoms with Crippen LogP contribution >= 0.6 is 11.6 Å². The smallest absolute Gasteiger partial charge is 0.251 e. The van der Waals surface area contributed by atoms with Crippen molar-refractivity contribution in [2.24, 2.45) is 0 Å². The molecule has 3 nitrogen and oxygen atoms in total. The van der Waals surface area contributed by atoms with E-state index in [1.165, 1.54) is 5.56 Å². The van der Waals surface area contributed by atoms with Crippen molar-refractivity contribution < 1.29 is 4.79 Å². The van der Waals surface area contributed by atoms with Crippen molar-refractivity contribution in [1.82, 2.24) is 5.32 Å². The van der Waals surface area contributed by atoms with Gasteiger partial charge in [-0.05, 0) is 66.8 Å². The Balaban J connectivity index is 1.81. The van der Waals surface area contributed by atoms with Crippen LogP contribution in [0, 0.1) is 6.92 Å². The number of carbonyl (C=O) groups excluding carboxylic acids is 1. The maximum Gasteiger partial charge on any atom is 0.251 e. The number of nitrogens with one attached hydrogen (secondary N) is 1. The van der Waals surface area contributed by atoms with Crippen LogP contribution in [0.1, 0.15) is 39.5 Å². The predicted molar refractivity (Wildman–Crippen MR) is 85.6 cm³/mol. The van der Waals surface area contributed by atoms with Crippen molar-refractivity contribution in [3.8, 4) is 0 Å². The van der Waals surface area contributed by atoms with E-state index in [0.29, 0.717) is 10.6 Å². The number of benzene rings is 2. The highest BCUT2D eigenvalue weighted by molar-refractivity contribution is 6.31. The third-order valence-electron chi connectivity index (χ3n) is 3.85. The Morgan fingerprint density at radius 1 is 1.29 bits per heavy atom. The summed E-state index contributed by atoms with van der Waals surface area (Å²) in [7, 11) is 0. The molecule has 108 valence electrons. The van der Waals surface area contributed by atoms with Crippen LogP contribution in [0.3, 0.4) is 0 Å². The largest absolute Gasteiger partial charge is 0.399 e. The quantitative estimate of drug-likeness (QED) is 0.832. The van der Waals surface area contributed by atoms with E-state index >= 15 is 0 Å². The molecule has 1 aliphatic carbocycles. The van der Waals surface area contributed by atoms with Crippen molar-refractivity contribution in [3.05, 3.63) is 63.7 Å². The van der Waals surface area contributed by atoms with Gasteiger partial charge in [0.25, 0.3) is 5.91 Å². The van der Waals surface area contributed by atoms with E-state index in [2.05, 4.69) is 5.32 Å². The second-order valence-corrected chi connectivity index (χ2v) is 5.98. The summed E-state index contributed by atoms with van der Waals surface area (Å²) >= 11 is 6.02. The van der Waals surface area contributed by atoms with Gasteiger partial charge in [0.2, 0.25) is 0 Å². The van der Waals surface area contributed by atoms with Crippen LogP contribution in [0.5, 0.6) is 0 Å². The molecule has 0 spiro atoms. The molecule has 3 rings (SSSR count). The molecule has 0 heterocycles. The molecule has 2 aromatic carbocycles. The SMILES string of the molecule is Cc1cc(Cl)cc(C(=O)NC2CCc3cc(N)ccc32)c1. The summed E-state index contributed by atoms with van der Waals surface area (Å²) in [6.45, 7) is 1.93. The highest BCUT2D eigenvalue weighted by Crippen LogP contribution is 2.32. The lowest BCUT2D eigenvalue weighted by molar-refractivity contribution is 0.0936. The Bertz CT molecular complexity index is 692. The van der Waals surface area contributed by atoms with Crippen LogP contribution in [-0.4, -0.2) is 5.91 Å². The fourth-order valence-corrected chi connectivity index (χ4v) is 3.19. The van der Waals surface area contributed by atoms with Gasteiger partial charge in [0.05, 0.1) is 6.04 Å². The number of nitrogen functional groups attached to an aromatic ring is 1. The van der Waals surface area contributed by atoms with E-state index in [9.17, 15) is 4.79 Å². The number of halogens is 1. The zero-order valence-corrected chi connectivity index (χ0v) is 12.6. The fraction of sp³-hybridized carbons (Fsp3) is 0.235. The van der Waals surface area contributed by atoms with Crippen molar-refractivity contribution in [3.63, 3.8) is 0 Å². The molecule has 1 atom stereocenters. The van der Waals surface area contributed by atoms with Gasteiger partial charge < -0.3 is 11.1 Å². The summed E-state index contributed by atoms with van der Waals surface area (Å²) in [5, 5.41) is 3.67. The Labute approximate surface area is 129 Å². The molecule has 0 saturated carbocycles. The summed E-state index contributed by atoms with van der Waals surface area (Å²) in [6, 6.07) is 11.3. The zero-order chi connectivity index (χ0) is 15.0. The highest BCUT2D eigenvalue weighted by atomic mass is 35.5. The van der Waals surface area contributed by atoms with Gasteiger partial charge in [-0.15, -0.1) is 0 Å². The van der Waals surface area contributed by atoms with Crippen LogP contribution in [-0.2, 0) is 6.42 Å². The second kappa shape index (κ2) is 5.41. The standard InChI is InChI=1S/C17H17ClN2O/c1-10-6-12(8-13(18)7-10)17(21)20-16-5-2-11-9-14(19)3-4-15(11)16/h3-4,6-9,16H,2,5,19H2,1H3,(H,20,21). The van der Waals surface area contributed by atoms with Gasteiger partial charge in [0.15, 0.2) is 0 Å². The minimum Gasteiger partial charge on any atom is -0.399 e. The first kappa shape index (κ1) is 14.0. The van der Waals surface area contributed by atoms with Crippen molar-refractivity contribution in [1.29, 1.82) is 0 Å². The minimum absolute atomic E-state index is 0.0485. The molecule has 1 amide bonds. The lowest BCUT2D eigenvalue weighted by Crippen LogP contribution is -2.27. The predicted octanol–water partition coefficient (Wildman–Crippen LogP) is 3.65. The molecule has 0 saturated heterocycles. The Morgan fingerprint density at radius 2 is 2.10 bits per heavy atom. The van der Waals surface area contributed by atoms with E-state index in [1.807, 2.05) is 37.3 Å².